The Kier molecular flexibility index (Phi) is 4.19. The highest BCUT2D eigenvalue weighted by molar-refractivity contribution is 5.35. The van der Waals surface area contributed by atoms with Crippen molar-refractivity contribution in [1.82, 2.24) is 5.32 Å². The van der Waals surface area contributed by atoms with E-state index in [1.165, 1.54) is 24.8 Å². The van der Waals surface area contributed by atoms with Crippen LogP contribution in [0.1, 0.15) is 30.0 Å². The molecule has 0 aromatic heterocycles. The van der Waals surface area contributed by atoms with Gasteiger partial charge in [-0.3, -0.25) is 0 Å². The van der Waals surface area contributed by atoms with Crippen molar-refractivity contribution in [2.75, 3.05) is 14.2 Å². The molecule has 1 aliphatic rings. The average Bonchev–Trinajstić information content (AvgIpc) is 2.82. The lowest BCUT2D eigenvalue weighted by Crippen LogP contribution is -2.38. The quantitative estimate of drug-likeness (QED) is 0.843. The molecule has 1 N–H and O–H groups in total. The second-order valence-corrected chi connectivity index (χ2v) is 5.00. The topological polar surface area (TPSA) is 21.3 Å². The van der Waals surface area contributed by atoms with Crippen molar-refractivity contribution in [3.05, 3.63) is 34.9 Å². The molecule has 1 aromatic rings. The van der Waals surface area contributed by atoms with E-state index >= 15 is 0 Å². The summed E-state index contributed by atoms with van der Waals surface area (Å²) in [6.45, 7) is 2.12. The summed E-state index contributed by atoms with van der Waals surface area (Å²) in [4.78, 5) is 0. The Bertz CT molecular complexity index is 375. The van der Waals surface area contributed by atoms with Crippen LogP contribution < -0.4 is 5.32 Å². The number of aryl methyl sites for hydroxylation is 2. The minimum absolute atomic E-state index is 0.244. The average molecular weight is 233 g/mol. The number of hydrogen-bond donors (Lipinski definition) is 1. The summed E-state index contributed by atoms with van der Waals surface area (Å²) >= 11 is 0. The van der Waals surface area contributed by atoms with Crippen molar-refractivity contribution in [1.29, 1.82) is 0 Å². The zero-order chi connectivity index (χ0) is 12.3. The van der Waals surface area contributed by atoms with Gasteiger partial charge in [-0.05, 0) is 56.3 Å². The number of methoxy groups -OCH3 is 1. The van der Waals surface area contributed by atoms with Crippen molar-refractivity contribution >= 4 is 0 Å². The fourth-order valence-electron chi connectivity index (χ4n) is 2.67. The molecule has 2 heteroatoms. The van der Waals surface area contributed by atoms with Crippen LogP contribution in [0.5, 0.6) is 0 Å². The van der Waals surface area contributed by atoms with Gasteiger partial charge < -0.3 is 10.1 Å². The van der Waals surface area contributed by atoms with Crippen LogP contribution in [0.4, 0.5) is 0 Å². The zero-order valence-electron chi connectivity index (χ0n) is 11.1. The predicted octanol–water partition coefficient (Wildman–Crippen LogP) is 2.34. The summed E-state index contributed by atoms with van der Waals surface area (Å²) in [6, 6.07) is 7.35. The van der Waals surface area contributed by atoms with Gasteiger partial charge in [0.15, 0.2) is 0 Å². The maximum Gasteiger partial charge on any atom is 0.0699 e. The van der Waals surface area contributed by atoms with Crippen LogP contribution in [0.15, 0.2) is 18.2 Å². The SMILES string of the molecule is CNC(Cc1ccc2c(c1)CCC2)C(C)OC. The van der Waals surface area contributed by atoms with Crippen molar-refractivity contribution < 1.29 is 4.74 Å². The summed E-state index contributed by atoms with van der Waals surface area (Å²) in [6.07, 6.45) is 5.13. The number of ether oxygens (including phenoxy) is 1. The number of likely N-dealkylation sites (N-methyl/N-ethyl adjacent to an activating group) is 1. The molecule has 17 heavy (non-hydrogen) atoms. The third-order valence-corrected chi connectivity index (χ3v) is 3.93. The standard InChI is InChI=1S/C15H23NO/c1-11(17-3)15(16-2)10-12-7-8-13-5-4-6-14(13)9-12/h7-9,11,15-16H,4-6,10H2,1-3H3. The molecular weight excluding hydrogens is 210 g/mol. The second-order valence-electron chi connectivity index (χ2n) is 5.00. The largest absolute Gasteiger partial charge is 0.380 e. The highest BCUT2D eigenvalue weighted by Gasteiger charge is 2.17. The summed E-state index contributed by atoms with van der Waals surface area (Å²) in [5.74, 6) is 0. The molecule has 1 aromatic carbocycles. The van der Waals surface area contributed by atoms with E-state index in [1.54, 1.807) is 18.2 Å². The Labute approximate surface area is 104 Å². The molecule has 2 nitrogen and oxygen atoms in total. The van der Waals surface area contributed by atoms with Gasteiger partial charge in [-0.1, -0.05) is 18.2 Å². The monoisotopic (exact) mass is 233 g/mol. The smallest absolute Gasteiger partial charge is 0.0699 e. The number of nitrogens with one attached hydrogen (secondary N) is 1. The predicted molar refractivity (Wildman–Crippen MR) is 71.5 cm³/mol. The lowest BCUT2D eigenvalue weighted by atomic mass is 9.98. The highest BCUT2D eigenvalue weighted by Crippen LogP contribution is 2.23. The number of hydrogen-bond acceptors (Lipinski definition) is 2. The summed E-state index contributed by atoms with van der Waals surface area (Å²) < 4.78 is 5.41. The molecule has 0 saturated carbocycles. The number of rotatable bonds is 5. The van der Waals surface area contributed by atoms with Gasteiger partial charge in [0.1, 0.15) is 0 Å². The molecular formula is C15H23NO. The summed E-state index contributed by atoms with van der Waals surface area (Å²) in [5, 5.41) is 3.34. The van der Waals surface area contributed by atoms with Crippen LogP contribution in [0.3, 0.4) is 0 Å². The van der Waals surface area contributed by atoms with Gasteiger partial charge in [0.2, 0.25) is 0 Å². The van der Waals surface area contributed by atoms with Gasteiger partial charge in [0, 0.05) is 13.2 Å². The van der Waals surface area contributed by atoms with E-state index in [0.717, 1.165) is 6.42 Å². The first-order valence-electron chi connectivity index (χ1n) is 6.55. The van der Waals surface area contributed by atoms with E-state index in [4.69, 9.17) is 4.74 Å². The van der Waals surface area contributed by atoms with Crippen molar-refractivity contribution in [2.24, 2.45) is 0 Å². The van der Waals surface area contributed by atoms with E-state index in [0.29, 0.717) is 6.04 Å². The Morgan fingerprint density at radius 3 is 2.76 bits per heavy atom. The minimum atomic E-state index is 0.244. The Hall–Kier alpha value is -0.860. The second kappa shape index (κ2) is 5.65. The van der Waals surface area contributed by atoms with Crippen LogP contribution in [0.25, 0.3) is 0 Å². The molecule has 2 atom stereocenters. The van der Waals surface area contributed by atoms with E-state index in [2.05, 4.69) is 30.4 Å². The third-order valence-electron chi connectivity index (χ3n) is 3.93. The van der Waals surface area contributed by atoms with Crippen LogP contribution in [-0.4, -0.2) is 26.3 Å². The first kappa shape index (κ1) is 12.6. The van der Waals surface area contributed by atoms with Crippen LogP contribution in [-0.2, 0) is 24.0 Å². The van der Waals surface area contributed by atoms with Gasteiger partial charge in [0.25, 0.3) is 0 Å². The fourth-order valence-corrected chi connectivity index (χ4v) is 2.67. The minimum Gasteiger partial charge on any atom is -0.380 e. The van der Waals surface area contributed by atoms with Gasteiger partial charge in [0.05, 0.1) is 6.10 Å². The summed E-state index contributed by atoms with van der Waals surface area (Å²) in [7, 11) is 3.78. The molecule has 0 spiro atoms. The number of fused-ring (bicyclic) bond motifs is 1. The van der Waals surface area contributed by atoms with Crippen molar-refractivity contribution in [3.8, 4) is 0 Å². The van der Waals surface area contributed by atoms with E-state index < -0.39 is 0 Å². The molecule has 1 aliphatic carbocycles. The van der Waals surface area contributed by atoms with E-state index in [1.807, 2.05) is 7.05 Å². The Morgan fingerprint density at radius 1 is 1.29 bits per heavy atom. The molecule has 0 bridgehead atoms. The molecule has 2 unspecified atom stereocenters. The number of benzene rings is 1. The van der Waals surface area contributed by atoms with Gasteiger partial charge >= 0.3 is 0 Å². The maximum absolute atomic E-state index is 5.41. The molecule has 0 aliphatic heterocycles. The third kappa shape index (κ3) is 2.88. The Balaban J connectivity index is 2.07. The highest BCUT2D eigenvalue weighted by atomic mass is 16.5. The first-order chi connectivity index (χ1) is 8.24. The first-order valence-corrected chi connectivity index (χ1v) is 6.55. The molecule has 2 rings (SSSR count). The fraction of sp³-hybridized carbons (Fsp3) is 0.600. The molecule has 0 saturated heterocycles. The summed E-state index contributed by atoms with van der Waals surface area (Å²) in [5.41, 5.74) is 4.53. The van der Waals surface area contributed by atoms with Gasteiger partial charge in [-0.15, -0.1) is 0 Å². The molecule has 0 radical (unpaired) electrons. The van der Waals surface area contributed by atoms with E-state index in [-0.39, 0.29) is 6.10 Å². The van der Waals surface area contributed by atoms with Crippen LogP contribution in [0.2, 0.25) is 0 Å². The van der Waals surface area contributed by atoms with Crippen molar-refractivity contribution in [2.45, 2.75) is 44.8 Å². The zero-order valence-corrected chi connectivity index (χ0v) is 11.1. The van der Waals surface area contributed by atoms with Crippen LogP contribution >= 0.6 is 0 Å². The lowest BCUT2D eigenvalue weighted by Gasteiger charge is -2.22. The van der Waals surface area contributed by atoms with Crippen LogP contribution in [0, 0.1) is 0 Å². The Morgan fingerprint density at radius 2 is 2.06 bits per heavy atom. The maximum atomic E-state index is 5.41. The normalized spacial score (nSPS) is 17.8. The van der Waals surface area contributed by atoms with Crippen molar-refractivity contribution in [3.63, 3.8) is 0 Å². The molecule has 0 amide bonds. The molecule has 0 fully saturated rings. The molecule has 94 valence electrons. The van der Waals surface area contributed by atoms with Gasteiger partial charge in [-0.2, -0.15) is 0 Å². The lowest BCUT2D eigenvalue weighted by molar-refractivity contribution is 0.0857. The van der Waals surface area contributed by atoms with E-state index in [9.17, 15) is 0 Å². The van der Waals surface area contributed by atoms with Gasteiger partial charge in [-0.25, -0.2) is 0 Å². The molecule has 0 heterocycles.